The van der Waals surface area contributed by atoms with E-state index >= 15 is 0 Å². The second-order valence-corrected chi connectivity index (χ2v) is 2.52. The Morgan fingerprint density at radius 3 is 2.47 bits per heavy atom. The number of nitrogens with one attached hydrogen (secondary N) is 1. The number of hydrogen-bond acceptors (Lipinski definition) is 3. The largest absolute Gasteiger partial charge is 0.331 e. The molecule has 0 aromatic carbocycles. The van der Waals surface area contributed by atoms with Crippen LogP contribution in [0.1, 0.15) is 13.8 Å². The molecule has 0 spiro atoms. The summed E-state index contributed by atoms with van der Waals surface area (Å²) in [5.74, 6) is 5.56. The third-order valence-corrected chi connectivity index (χ3v) is 1.48. The van der Waals surface area contributed by atoms with Crippen molar-refractivity contribution in [3.05, 3.63) is 23.9 Å². The van der Waals surface area contributed by atoms with Gasteiger partial charge in [-0.2, -0.15) is 5.10 Å². The number of aliphatic imine (C=N–C) groups is 2. The Morgan fingerprint density at radius 2 is 2.00 bits per heavy atom. The molecule has 0 bridgehead atoms. The lowest BCUT2D eigenvalue weighted by molar-refractivity contribution is 1.19. The van der Waals surface area contributed by atoms with Crippen molar-refractivity contribution < 1.29 is 0 Å². The lowest BCUT2D eigenvalue weighted by atomic mass is 10.3. The Bertz CT molecular complexity index is 310. The first kappa shape index (κ1) is 13.1. The van der Waals surface area contributed by atoms with Crippen molar-refractivity contribution >= 4 is 18.4 Å². The number of nitrogens with zero attached hydrogens (tertiary/aromatic N) is 3. The number of guanidine groups is 1. The Hall–Kier alpha value is -1.91. The predicted octanol–water partition coefficient (Wildman–Crippen LogP) is 1.06. The zero-order valence-electron chi connectivity index (χ0n) is 9.31. The summed E-state index contributed by atoms with van der Waals surface area (Å²) in [6.07, 6.45) is 8.62. The fraction of sp³-hybridized carbons (Fsp3) is 0.300. The van der Waals surface area contributed by atoms with E-state index in [1.165, 1.54) is 6.21 Å². The van der Waals surface area contributed by atoms with Crippen LogP contribution in [0.3, 0.4) is 0 Å². The molecule has 0 radical (unpaired) electrons. The first-order valence-corrected chi connectivity index (χ1v) is 4.56. The lowest BCUT2D eigenvalue weighted by Gasteiger charge is -1.97. The molecule has 0 aromatic rings. The van der Waals surface area contributed by atoms with E-state index in [-0.39, 0.29) is 0 Å². The summed E-state index contributed by atoms with van der Waals surface area (Å²) in [5, 5.41) is 6.32. The molecule has 3 N–H and O–H groups in total. The van der Waals surface area contributed by atoms with Crippen molar-refractivity contribution in [3.63, 3.8) is 0 Å². The molecule has 0 amide bonds. The summed E-state index contributed by atoms with van der Waals surface area (Å²) >= 11 is 0. The van der Waals surface area contributed by atoms with Crippen LogP contribution < -0.4 is 11.2 Å². The van der Waals surface area contributed by atoms with E-state index in [2.05, 4.69) is 20.4 Å². The maximum absolute atomic E-state index is 5.03. The summed E-state index contributed by atoms with van der Waals surface area (Å²) in [5.41, 5.74) is 0.820. The molecule has 0 saturated carbocycles. The Balaban J connectivity index is 4.47. The first-order chi connectivity index (χ1) is 7.28. The minimum atomic E-state index is 0.526. The summed E-state index contributed by atoms with van der Waals surface area (Å²) in [6, 6.07) is 0. The average molecular weight is 207 g/mol. The number of hydrazone groups is 1. The number of hydrogen-bond donors (Lipinski definition) is 2. The van der Waals surface area contributed by atoms with Crippen LogP contribution in [0.25, 0.3) is 0 Å². The van der Waals surface area contributed by atoms with Crippen molar-refractivity contribution in [2.45, 2.75) is 13.8 Å². The SMILES string of the molecule is C/C=C\NC(N=CC(/C=N\N)=C/C)=NC. The van der Waals surface area contributed by atoms with Crippen LogP contribution >= 0.6 is 0 Å². The highest BCUT2D eigenvalue weighted by Crippen LogP contribution is 1.86. The fourth-order valence-corrected chi connectivity index (χ4v) is 0.722. The summed E-state index contributed by atoms with van der Waals surface area (Å²) < 4.78 is 0. The monoisotopic (exact) mass is 207 g/mol. The quantitative estimate of drug-likeness (QED) is 0.314. The molecule has 0 atom stereocenters. The number of allylic oxidation sites excluding steroid dienone is 3. The molecule has 0 aliphatic rings. The van der Waals surface area contributed by atoms with Crippen LogP contribution in [-0.2, 0) is 0 Å². The molecule has 5 heteroatoms. The molecule has 0 aromatic heterocycles. The topological polar surface area (TPSA) is 75.1 Å². The van der Waals surface area contributed by atoms with Gasteiger partial charge in [-0.3, -0.25) is 4.99 Å². The summed E-state index contributed by atoms with van der Waals surface area (Å²) in [4.78, 5) is 8.06. The third-order valence-electron chi connectivity index (χ3n) is 1.48. The van der Waals surface area contributed by atoms with E-state index in [0.29, 0.717) is 5.96 Å². The normalized spacial score (nSPS) is 14.6. The maximum Gasteiger partial charge on any atom is 0.221 e. The second kappa shape index (κ2) is 8.68. The zero-order chi connectivity index (χ0) is 11.5. The Kier molecular flexibility index (Phi) is 7.57. The van der Waals surface area contributed by atoms with E-state index in [1.54, 1.807) is 19.5 Å². The van der Waals surface area contributed by atoms with Gasteiger partial charge in [-0.25, -0.2) is 4.99 Å². The van der Waals surface area contributed by atoms with Gasteiger partial charge in [0, 0.05) is 18.8 Å². The molecule has 0 unspecified atom stereocenters. The van der Waals surface area contributed by atoms with Gasteiger partial charge in [-0.1, -0.05) is 12.2 Å². The first-order valence-electron chi connectivity index (χ1n) is 4.56. The molecule has 0 heterocycles. The summed E-state index contributed by atoms with van der Waals surface area (Å²) in [6.45, 7) is 3.79. The van der Waals surface area contributed by atoms with Crippen LogP contribution in [0.15, 0.2) is 39.0 Å². The standard InChI is InChI=1S/C10H17N5/c1-4-6-13-10(12-3)14-7-9(5-2)8-15-11/h4-8H,11H2,1-3H3,(H,12,13)/b6-4-,9-5-,14-7?,15-8-. The minimum Gasteiger partial charge on any atom is -0.331 e. The second-order valence-electron chi connectivity index (χ2n) is 2.52. The van der Waals surface area contributed by atoms with Gasteiger partial charge in [0.2, 0.25) is 5.96 Å². The molecule has 0 aliphatic carbocycles. The van der Waals surface area contributed by atoms with E-state index in [9.17, 15) is 0 Å². The molecule has 0 rings (SSSR count). The molecular formula is C10H17N5. The van der Waals surface area contributed by atoms with Gasteiger partial charge in [0.1, 0.15) is 0 Å². The Morgan fingerprint density at radius 1 is 1.27 bits per heavy atom. The highest BCUT2D eigenvalue weighted by atomic mass is 15.1. The predicted molar refractivity (Wildman–Crippen MR) is 66.2 cm³/mol. The van der Waals surface area contributed by atoms with Crippen molar-refractivity contribution in [3.8, 4) is 0 Å². The van der Waals surface area contributed by atoms with Crippen LogP contribution in [0.5, 0.6) is 0 Å². The van der Waals surface area contributed by atoms with Crippen LogP contribution in [0, 0.1) is 0 Å². The molecule has 82 valence electrons. The van der Waals surface area contributed by atoms with Crippen LogP contribution in [0.4, 0.5) is 0 Å². The van der Waals surface area contributed by atoms with Gasteiger partial charge in [-0.05, 0) is 20.0 Å². The molecular weight excluding hydrogens is 190 g/mol. The van der Waals surface area contributed by atoms with Gasteiger partial charge in [0.25, 0.3) is 0 Å². The fourth-order valence-electron chi connectivity index (χ4n) is 0.722. The van der Waals surface area contributed by atoms with Gasteiger partial charge in [0.15, 0.2) is 0 Å². The Labute approximate surface area is 90.2 Å². The molecule has 0 aliphatic heterocycles. The highest BCUT2D eigenvalue weighted by molar-refractivity contribution is 6.07. The molecule has 5 nitrogen and oxygen atoms in total. The van der Waals surface area contributed by atoms with Crippen molar-refractivity contribution in [2.75, 3.05) is 7.05 Å². The van der Waals surface area contributed by atoms with E-state index < -0.39 is 0 Å². The van der Waals surface area contributed by atoms with E-state index in [1.807, 2.05) is 26.0 Å². The smallest absolute Gasteiger partial charge is 0.221 e. The van der Waals surface area contributed by atoms with Gasteiger partial charge in [0.05, 0.1) is 6.21 Å². The van der Waals surface area contributed by atoms with E-state index in [0.717, 1.165) is 5.57 Å². The zero-order valence-corrected chi connectivity index (χ0v) is 9.31. The lowest BCUT2D eigenvalue weighted by Crippen LogP contribution is -2.14. The highest BCUT2D eigenvalue weighted by Gasteiger charge is 1.89. The minimum absolute atomic E-state index is 0.526. The van der Waals surface area contributed by atoms with Crippen molar-refractivity contribution in [1.29, 1.82) is 0 Å². The maximum atomic E-state index is 5.03. The van der Waals surface area contributed by atoms with Crippen LogP contribution in [0.2, 0.25) is 0 Å². The van der Waals surface area contributed by atoms with E-state index in [4.69, 9.17) is 5.84 Å². The molecule has 15 heavy (non-hydrogen) atoms. The number of nitrogens with two attached hydrogens (primary N) is 1. The third kappa shape index (κ3) is 6.20. The molecule has 0 fully saturated rings. The molecule has 0 saturated heterocycles. The number of rotatable bonds is 3. The van der Waals surface area contributed by atoms with Crippen LogP contribution in [-0.4, -0.2) is 25.4 Å². The summed E-state index contributed by atoms with van der Waals surface area (Å²) in [7, 11) is 1.66. The van der Waals surface area contributed by atoms with Crippen molar-refractivity contribution in [2.24, 2.45) is 20.9 Å². The van der Waals surface area contributed by atoms with Gasteiger partial charge in [-0.15, -0.1) is 0 Å². The van der Waals surface area contributed by atoms with Gasteiger partial charge < -0.3 is 11.2 Å². The van der Waals surface area contributed by atoms with Crippen molar-refractivity contribution in [1.82, 2.24) is 5.32 Å². The van der Waals surface area contributed by atoms with Gasteiger partial charge >= 0.3 is 0 Å². The average Bonchev–Trinajstić information content (AvgIpc) is 2.27.